The fraction of sp³-hybridized carbons (Fsp3) is 0.273. The van der Waals surface area contributed by atoms with Gasteiger partial charge in [-0.3, -0.25) is 14.9 Å². The van der Waals surface area contributed by atoms with Crippen molar-refractivity contribution in [2.75, 3.05) is 13.7 Å². The van der Waals surface area contributed by atoms with Gasteiger partial charge in [0.25, 0.3) is 11.6 Å². The Balaban J connectivity index is 1.72. The van der Waals surface area contributed by atoms with Crippen LogP contribution >= 0.6 is 11.3 Å². The van der Waals surface area contributed by atoms with Gasteiger partial charge >= 0.3 is 0 Å². The molecule has 176 valence electrons. The molecule has 2 aromatic carbocycles. The normalized spacial score (nSPS) is 17.1. The van der Waals surface area contributed by atoms with E-state index >= 15 is 0 Å². The Morgan fingerprint density at radius 1 is 1.32 bits per heavy atom. The van der Waals surface area contributed by atoms with Crippen LogP contribution in [0, 0.1) is 22.5 Å². The zero-order valence-electron chi connectivity index (χ0n) is 18.1. The fourth-order valence-electron chi connectivity index (χ4n) is 3.83. The monoisotopic (exact) mass is 500 g/mol. The van der Waals surface area contributed by atoms with Gasteiger partial charge in [-0.05, 0) is 43.2 Å². The highest BCUT2D eigenvalue weighted by Crippen LogP contribution is 2.28. The van der Waals surface area contributed by atoms with Crippen LogP contribution in [0.3, 0.4) is 0 Å². The number of aromatic nitrogens is 1. The minimum atomic E-state index is -3.92. The van der Waals surface area contributed by atoms with E-state index in [4.69, 9.17) is 11.2 Å². The second-order valence-corrected chi connectivity index (χ2v) is 10.4. The molecule has 1 fully saturated rings. The lowest BCUT2D eigenvalue weighted by molar-refractivity contribution is -0.384. The Bertz CT molecular complexity index is 1480. The Hall–Kier alpha value is -3.53. The second-order valence-electron chi connectivity index (χ2n) is 7.48. The molecule has 4 rings (SSSR count). The largest absolute Gasteiger partial charge is 0.497 e. The first-order chi connectivity index (χ1) is 16.3. The maximum absolute atomic E-state index is 13.2. The van der Waals surface area contributed by atoms with Gasteiger partial charge in [0.05, 0.1) is 33.7 Å². The zero-order valence-corrected chi connectivity index (χ0v) is 19.7. The molecule has 3 aromatic rings. The Morgan fingerprint density at radius 2 is 2.06 bits per heavy atom. The number of rotatable bonds is 6. The van der Waals surface area contributed by atoms with Gasteiger partial charge in [-0.2, -0.15) is 9.30 Å². The molecule has 0 saturated carbocycles. The van der Waals surface area contributed by atoms with Crippen LogP contribution in [0.4, 0.5) is 5.69 Å². The van der Waals surface area contributed by atoms with Crippen LogP contribution in [0.25, 0.3) is 10.2 Å². The number of amides is 1. The number of sulfonamides is 1. The second kappa shape index (κ2) is 9.38. The third-order valence-corrected chi connectivity index (χ3v) is 8.47. The van der Waals surface area contributed by atoms with E-state index in [-0.39, 0.29) is 28.5 Å². The molecule has 0 radical (unpaired) electrons. The van der Waals surface area contributed by atoms with Crippen molar-refractivity contribution in [3.63, 3.8) is 0 Å². The van der Waals surface area contributed by atoms with Crippen LogP contribution in [-0.4, -0.2) is 47.8 Å². The highest BCUT2D eigenvalue weighted by atomic mass is 32.2. The maximum atomic E-state index is 13.2. The third-order valence-electron chi connectivity index (χ3n) is 5.49. The third kappa shape index (κ3) is 4.33. The molecule has 0 N–H and O–H groups in total. The summed E-state index contributed by atoms with van der Waals surface area (Å²) in [6, 6.07) is 9.33. The van der Waals surface area contributed by atoms with Crippen molar-refractivity contribution >= 4 is 43.2 Å². The van der Waals surface area contributed by atoms with Crippen molar-refractivity contribution in [3.05, 3.63) is 57.4 Å². The zero-order chi connectivity index (χ0) is 24.5. The molecule has 10 nitrogen and oxygen atoms in total. The molecule has 12 heteroatoms. The number of fused-ring (bicyclic) bond motifs is 1. The predicted molar refractivity (Wildman–Crippen MR) is 126 cm³/mol. The molecule has 1 aromatic heterocycles. The molecular weight excluding hydrogens is 480 g/mol. The minimum absolute atomic E-state index is 0.0474. The smallest absolute Gasteiger partial charge is 0.271 e. The number of nitro benzene ring substituents is 1. The van der Waals surface area contributed by atoms with E-state index in [2.05, 4.69) is 10.9 Å². The van der Waals surface area contributed by atoms with Crippen LogP contribution in [0.2, 0.25) is 0 Å². The average molecular weight is 501 g/mol. The number of nitrogens with zero attached hydrogens (tertiary/aromatic N) is 4. The van der Waals surface area contributed by atoms with Crippen molar-refractivity contribution in [1.29, 1.82) is 0 Å². The van der Waals surface area contributed by atoms with E-state index in [1.807, 2.05) is 0 Å². The van der Waals surface area contributed by atoms with E-state index in [0.717, 1.165) is 11.3 Å². The first-order valence-electron chi connectivity index (χ1n) is 10.2. The molecule has 1 saturated heterocycles. The minimum Gasteiger partial charge on any atom is -0.497 e. The molecule has 1 atom stereocenters. The molecule has 1 aliphatic heterocycles. The van der Waals surface area contributed by atoms with Gasteiger partial charge in [0.15, 0.2) is 4.80 Å². The molecule has 1 aliphatic rings. The number of non-ortho nitro benzene ring substituents is 1. The standard InChI is InChI=1S/C22H20N4O6S2/c1-3-12-24-19-14-15(26(28)29)6-11-20(19)33-22(24)23-21(27)18-5-4-13-25(18)34(30,31)17-9-7-16(32-2)8-10-17/h1,6-11,14,18H,4-5,12-13H2,2H3. The van der Waals surface area contributed by atoms with E-state index in [9.17, 15) is 23.3 Å². The van der Waals surface area contributed by atoms with E-state index in [0.29, 0.717) is 28.8 Å². The average Bonchev–Trinajstić information content (AvgIpc) is 3.45. The summed E-state index contributed by atoms with van der Waals surface area (Å²) in [6.07, 6.45) is 6.33. The van der Waals surface area contributed by atoms with Crippen molar-refractivity contribution in [2.45, 2.75) is 30.3 Å². The van der Waals surface area contributed by atoms with E-state index in [1.165, 1.54) is 35.7 Å². The van der Waals surface area contributed by atoms with Crippen molar-refractivity contribution < 1.29 is 22.9 Å². The number of hydrogen-bond donors (Lipinski definition) is 0. The van der Waals surface area contributed by atoms with Crippen LogP contribution in [0.1, 0.15) is 12.8 Å². The summed E-state index contributed by atoms with van der Waals surface area (Å²) in [5, 5.41) is 11.2. The molecule has 2 heterocycles. The number of thiazole rings is 1. The lowest BCUT2D eigenvalue weighted by atomic mass is 10.2. The van der Waals surface area contributed by atoms with Crippen molar-refractivity contribution in [3.8, 4) is 18.1 Å². The number of hydrogen-bond acceptors (Lipinski definition) is 7. The summed E-state index contributed by atoms with van der Waals surface area (Å²) in [6.45, 7) is 0.245. The molecular formula is C22H20N4O6S2. The SMILES string of the molecule is C#CCn1c(=NC(=O)C2CCCN2S(=O)(=O)c2ccc(OC)cc2)sc2ccc([N+](=O)[O-])cc21. The molecule has 0 spiro atoms. The van der Waals surface area contributed by atoms with E-state index < -0.39 is 26.9 Å². The molecule has 1 unspecified atom stereocenters. The van der Waals surface area contributed by atoms with Gasteiger partial charge in [-0.1, -0.05) is 17.3 Å². The highest BCUT2D eigenvalue weighted by molar-refractivity contribution is 7.89. The maximum Gasteiger partial charge on any atom is 0.271 e. The fourth-order valence-corrected chi connectivity index (χ4v) is 6.49. The first-order valence-corrected chi connectivity index (χ1v) is 12.5. The lowest BCUT2D eigenvalue weighted by Crippen LogP contribution is -2.40. The Kier molecular flexibility index (Phi) is 6.52. The number of carbonyl (C=O) groups is 1. The van der Waals surface area contributed by atoms with Gasteiger partial charge in [-0.15, -0.1) is 6.42 Å². The number of benzene rings is 2. The Labute approximate surface area is 199 Å². The van der Waals surface area contributed by atoms with Gasteiger partial charge < -0.3 is 9.30 Å². The first kappa shape index (κ1) is 23.6. The molecule has 0 bridgehead atoms. The number of carbonyl (C=O) groups excluding carboxylic acids is 1. The van der Waals surface area contributed by atoms with Crippen LogP contribution < -0.4 is 9.54 Å². The number of terminal acetylenes is 1. The summed E-state index contributed by atoms with van der Waals surface area (Å²) in [4.78, 5) is 28.3. The number of methoxy groups -OCH3 is 1. The molecule has 0 aliphatic carbocycles. The van der Waals surface area contributed by atoms with Crippen LogP contribution in [-0.2, 0) is 21.4 Å². The lowest BCUT2D eigenvalue weighted by Gasteiger charge is -2.21. The molecule has 1 amide bonds. The van der Waals surface area contributed by atoms with Gasteiger partial charge in [0, 0.05) is 18.7 Å². The summed E-state index contributed by atoms with van der Waals surface area (Å²) in [7, 11) is -2.44. The molecule has 34 heavy (non-hydrogen) atoms. The number of nitro groups is 1. The van der Waals surface area contributed by atoms with E-state index in [1.54, 1.807) is 22.8 Å². The van der Waals surface area contributed by atoms with Crippen molar-refractivity contribution in [2.24, 2.45) is 4.99 Å². The van der Waals surface area contributed by atoms with Crippen LogP contribution in [0.15, 0.2) is 52.4 Å². The summed E-state index contributed by atoms with van der Waals surface area (Å²) < 4.78 is 34.9. The summed E-state index contributed by atoms with van der Waals surface area (Å²) in [5.41, 5.74) is 0.374. The summed E-state index contributed by atoms with van der Waals surface area (Å²) >= 11 is 1.16. The highest BCUT2D eigenvalue weighted by Gasteiger charge is 2.39. The predicted octanol–water partition coefficient (Wildman–Crippen LogP) is 2.53. The van der Waals surface area contributed by atoms with Crippen LogP contribution in [0.5, 0.6) is 5.75 Å². The van der Waals surface area contributed by atoms with Gasteiger partial charge in [-0.25, -0.2) is 8.42 Å². The topological polar surface area (TPSA) is 124 Å². The van der Waals surface area contributed by atoms with Crippen molar-refractivity contribution in [1.82, 2.24) is 8.87 Å². The number of ether oxygens (including phenoxy) is 1. The summed E-state index contributed by atoms with van der Waals surface area (Å²) in [5.74, 6) is 2.38. The van der Waals surface area contributed by atoms with Gasteiger partial charge in [0.1, 0.15) is 11.8 Å². The van der Waals surface area contributed by atoms with Gasteiger partial charge in [0.2, 0.25) is 10.0 Å². The quantitative estimate of drug-likeness (QED) is 0.291. The Morgan fingerprint density at radius 3 is 2.71 bits per heavy atom.